The van der Waals surface area contributed by atoms with E-state index in [9.17, 15) is 4.79 Å². The number of anilines is 1. The van der Waals surface area contributed by atoms with Gasteiger partial charge in [0, 0.05) is 6.20 Å². The van der Waals surface area contributed by atoms with Crippen LogP contribution in [0.1, 0.15) is 43.0 Å². The Hall–Kier alpha value is -1.78. The van der Waals surface area contributed by atoms with Gasteiger partial charge in [0.05, 0.1) is 11.3 Å². The zero-order valence-corrected chi connectivity index (χ0v) is 10.4. The Labute approximate surface area is 106 Å². The minimum Gasteiger partial charge on any atom is -0.478 e. The van der Waals surface area contributed by atoms with Crippen LogP contribution in [0.2, 0.25) is 0 Å². The summed E-state index contributed by atoms with van der Waals surface area (Å²) in [5, 5.41) is 8.82. The van der Waals surface area contributed by atoms with Crippen molar-refractivity contribution in [2.45, 2.75) is 38.7 Å². The molecule has 1 fully saturated rings. The first-order valence-electron chi connectivity index (χ1n) is 6.21. The van der Waals surface area contributed by atoms with Gasteiger partial charge in [-0.2, -0.15) is 0 Å². The zero-order chi connectivity index (χ0) is 13.1. The van der Waals surface area contributed by atoms with Crippen LogP contribution < -0.4 is 10.5 Å². The highest BCUT2D eigenvalue weighted by molar-refractivity contribution is 5.88. The van der Waals surface area contributed by atoms with Gasteiger partial charge in [0.15, 0.2) is 0 Å². The molecule has 0 saturated heterocycles. The fourth-order valence-electron chi connectivity index (χ4n) is 2.33. The van der Waals surface area contributed by atoms with E-state index in [1.165, 1.54) is 18.7 Å². The van der Waals surface area contributed by atoms with Gasteiger partial charge in [-0.3, -0.25) is 0 Å². The van der Waals surface area contributed by atoms with Crippen molar-refractivity contribution in [2.24, 2.45) is 5.92 Å². The molecule has 98 valence electrons. The molecule has 2 rings (SSSR count). The predicted molar refractivity (Wildman–Crippen MR) is 67.7 cm³/mol. The van der Waals surface area contributed by atoms with Crippen molar-refractivity contribution >= 4 is 11.7 Å². The van der Waals surface area contributed by atoms with Crippen LogP contribution in [0.4, 0.5) is 5.69 Å². The van der Waals surface area contributed by atoms with Crippen molar-refractivity contribution in [1.29, 1.82) is 0 Å². The van der Waals surface area contributed by atoms with E-state index in [1.807, 2.05) is 0 Å². The fourth-order valence-corrected chi connectivity index (χ4v) is 2.33. The average molecular weight is 250 g/mol. The highest BCUT2D eigenvalue weighted by Crippen LogP contribution is 2.29. The van der Waals surface area contributed by atoms with E-state index in [2.05, 4.69) is 11.9 Å². The minimum absolute atomic E-state index is 0.0804. The van der Waals surface area contributed by atoms with Gasteiger partial charge in [0.2, 0.25) is 5.88 Å². The maximum Gasteiger partial charge on any atom is 0.337 e. The summed E-state index contributed by atoms with van der Waals surface area (Å²) in [7, 11) is 0. The Balaban J connectivity index is 2.07. The van der Waals surface area contributed by atoms with Crippen molar-refractivity contribution in [2.75, 3.05) is 5.73 Å². The first-order chi connectivity index (χ1) is 8.56. The van der Waals surface area contributed by atoms with E-state index in [0.29, 0.717) is 11.8 Å². The highest BCUT2D eigenvalue weighted by atomic mass is 16.5. The van der Waals surface area contributed by atoms with E-state index in [1.54, 1.807) is 0 Å². The second kappa shape index (κ2) is 5.25. The van der Waals surface area contributed by atoms with Crippen LogP contribution in [0.25, 0.3) is 0 Å². The van der Waals surface area contributed by atoms with Crippen molar-refractivity contribution in [3.63, 3.8) is 0 Å². The molecular formula is C13H18N2O3. The predicted octanol–water partition coefficient (Wildman–Crippen LogP) is 2.32. The maximum absolute atomic E-state index is 10.8. The molecule has 1 saturated carbocycles. The van der Waals surface area contributed by atoms with Crippen LogP contribution in [0.5, 0.6) is 5.88 Å². The molecule has 3 N–H and O–H groups in total. The Morgan fingerprint density at radius 2 is 2.33 bits per heavy atom. The average Bonchev–Trinajstić information content (AvgIpc) is 2.31. The Bertz CT molecular complexity index is 448. The number of aromatic nitrogens is 1. The van der Waals surface area contributed by atoms with Gasteiger partial charge < -0.3 is 15.6 Å². The molecule has 1 aliphatic rings. The number of hydrogen-bond donors (Lipinski definition) is 2. The molecule has 0 aromatic carbocycles. The number of ether oxygens (including phenoxy) is 1. The van der Waals surface area contributed by atoms with Crippen molar-refractivity contribution in [3.8, 4) is 5.88 Å². The van der Waals surface area contributed by atoms with Crippen molar-refractivity contribution < 1.29 is 14.6 Å². The molecule has 1 aliphatic carbocycles. The second-order valence-corrected chi connectivity index (χ2v) is 4.94. The lowest BCUT2D eigenvalue weighted by atomic mass is 9.89. The summed E-state index contributed by atoms with van der Waals surface area (Å²) in [6.45, 7) is 2.21. The van der Waals surface area contributed by atoms with Crippen LogP contribution in [-0.2, 0) is 0 Å². The molecule has 0 amide bonds. The first-order valence-corrected chi connectivity index (χ1v) is 6.21. The standard InChI is InChI=1S/C13H18N2O3/c1-8-3-2-4-10(5-8)18-12-11(14)6-9(7-15-12)13(16)17/h6-8,10H,2-5,14H2,1H3,(H,16,17). The molecule has 0 radical (unpaired) electrons. The van der Waals surface area contributed by atoms with Crippen LogP contribution in [0.3, 0.4) is 0 Å². The summed E-state index contributed by atoms with van der Waals surface area (Å²) in [6, 6.07) is 1.39. The summed E-state index contributed by atoms with van der Waals surface area (Å²) in [5.74, 6) is -0.0330. The molecule has 1 heterocycles. The summed E-state index contributed by atoms with van der Waals surface area (Å²) in [5.41, 5.74) is 6.13. The normalized spacial score (nSPS) is 23.6. The number of aromatic carboxylic acids is 1. The quantitative estimate of drug-likeness (QED) is 0.859. The third kappa shape index (κ3) is 2.91. The van der Waals surface area contributed by atoms with Crippen molar-refractivity contribution in [3.05, 3.63) is 17.8 Å². The number of carboxylic acids is 1. The molecule has 2 atom stereocenters. The molecule has 1 aromatic heterocycles. The van der Waals surface area contributed by atoms with Gasteiger partial charge in [0.1, 0.15) is 6.10 Å². The Morgan fingerprint density at radius 3 is 2.94 bits per heavy atom. The lowest BCUT2D eigenvalue weighted by Crippen LogP contribution is -2.25. The summed E-state index contributed by atoms with van der Waals surface area (Å²) >= 11 is 0. The minimum atomic E-state index is -1.04. The molecule has 18 heavy (non-hydrogen) atoms. The molecule has 0 aliphatic heterocycles. The molecule has 5 heteroatoms. The maximum atomic E-state index is 10.8. The number of hydrogen-bond acceptors (Lipinski definition) is 4. The van der Waals surface area contributed by atoms with Gasteiger partial charge in [-0.25, -0.2) is 9.78 Å². The SMILES string of the molecule is CC1CCCC(Oc2ncc(C(=O)O)cc2N)C1. The third-order valence-corrected chi connectivity index (χ3v) is 3.29. The third-order valence-electron chi connectivity index (χ3n) is 3.29. The number of carbonyl (C=O) groups is 1. The molecular weight excluding hydrogens is 232 g/mol. The van der Waals surface area contributed by atoms with Crippen LogP contribution in [0.15, 0.2) is 12.3 Å². The Kier molecular flexibility index (Phi) is 3.69. The lowest BCUT2D eigenvalue weighted by Gasteiger charge is -2.27. The summed E-state index contributed by atoms with van der Waals surface area (Å²) in [6.07, 6.45) is 5.81. The van der Waals surface area contributed by atoms with Gasteiger partial charge in [-0.05, 0) is 31.2 Å². The lowest BCUT2D eigenvalue weighted by molar-refractivity contribution is 0.0696. The summed E-state index contributed by atoms with van der Waals surface area (Å²) in [4.78, 5) is 14.8. The molecule has 2 unspecified atom stereocenters. The van der Waals surface area contributed by atoms with Gasteiger partial charge in [0.25, 0.3) is 0 Å². The fraction of sp³-hybridized carbons (Fsp3) is 0.538. The molecule has 5 nitrogen and oxygen atoms in total. The zero-order valence-electron chi connectivity index (χ0n) is 10.4. The van der Waals surface area contributed by atoms with E-state index >= 15 is 0 Å². The van der Waals surface area contributed by atoms with Gasteiger partial charge >= 0.3 is 5.97 Å². The van der Waals surface area contributed by atoms with Crippen LogP contribution in [-0.4, -0.2) is 22.2 Å². The van der Waals surface area contributed by atoms with E-state index in [-0.39, 0.29) is 17.4 Å². The van der Waals surface area contributed by atoms with E-state index in [4.69, 9.17) is 15.6 Å². The van der Waals surface area contributed by atoms with Gasteiger partial charge in [-0.1, -0.05) is 13.3 Å². The smallest absolute Gasteiger partial charge is 0.337 e. The number of carboxylic acid groups (broad SMARTS) is 1. The van der Waals surface area contributed by atoms with E-state index in [0.717, 1.165) is 19.3 Å². The Morgan fingerprint density at radius 1 is 1.56 bits per heavy atom. The molecule has 0 bridgehead atoms. The largest absolute Gasteiger partial charge is 0.478 e. The van der Waals surface area contributed by atoms with Gasteiger partial charge in [-0.15, -0.1) is 0 Å². The second-order valence-electron chi connectivity index (χ2n) is 4.94. The highest BCUT2D eigenvalue weighted by Gasteiger charge is 2.21. The number of nitrogens with zero attached hydrogens (tertiary/aromatic N) is 1. The summed E-state index contributed by atoms with van der Waals surface area (Å²) < 4.78 is 5.76. The van der Waals surface area contributed by atoms with Crippen LogP contribution >= 0.6 is 0 Å². The van der Waals surface area contributed by atoms with Crippen LogP contribution in [0, 0.1) is 5.92 Å². The number of nitrogens with two attached hydrogens (primary N) is 1. The van der Waals surface area contributed by atoms with E-state index < -0.39 is 5.97 Å². The number of pyridine rings is 1. The molecule has 0 spiro atoms. The monoisotopic (exact) mass is 250 g/mol. The molecule has 1 aromatic rings. The number of rotatable bonds is 3. The topological polar surface area (TPSA) is 85.4 Å². The first kappa shape index (κ1) is 12.7. The van der Waals surface area contributed by atoms with Crippen molar-refractivity contribution in [1.82, 2.24) is 4.98 Å². The number of nitrogen functional groups attached to an aromatic ring is 1.